The molecule has 19 heavy (non-hydrogen) atoms. The van der Waals surface area contributed by atoms with Crippen molar-refractivity contribution in [3.8, 4) is 0 Å². The van der Waals surface area contributed by atoms with Crippen molar-refractivity contribution in [1.29, 1.82) is 0 Å². The van der Waals surface area contributed by atoms with Gasteiger partial charge in [0.05, 0.1) is 12.7 Å². The summed E-state index contributed by atoms with van der Waals surface area (Å²) in [6.07, 6.45) is 4.26. The van der Waals surface area contributed by atoms with Gasteiger partial charge in [-0.15, -0.1) is 0 Å². The van der Waals surface area contributed by atoms with Crippen molar-refractivity contribution in [1.82, 2.24) is 5.32 Å². The average Bonchev–Trinajstić information content (AvgIpc) is 2.37. The minimum absolute atomic E-state index is 0.393. The zero-order chi connectivity index (χ0) is 14.7. The SMILES string of the molecule is CCC(CC)C(C)NCC(O)COCCCC(C)C. The number of nitrogens with one attached hydrogen (secondary N) is 1. The number of ether oxygens (including phenoxy) is 1. The molecule has 3 nitrogen and oxygen atoms in total. The van der Waals surface area contributed by atoms with Crippen LogP contribution in [0.2, 0.25) is 0 Å². The summed E-state index contributed by atoms with van der Waals surface area (Å²) in [6, 6.07) is 0.464. The van der Waals surface area contributed by atoms with Gasteiger partial charge >= 0.3 is 0 Å². The van der Waals surface area contributed by atoms with Crippen LogP contribution in [0.1, 0.15) is 60.3 Å². The van der Waals surface area contributed by atoms with Crippen LogP contribution in [0.5, 0.6) is 0 Å². The number of aliphatic hydroxyl groups is 1. The van der Waals surface area contributed by atoms with E-state index < -0.39 is 6.10 Å². The molecule has 3 heteroatoms. The molecule has 0 fully saturated rings. The van der Waals surface area contributed by atoms with E-state index in [4.69, 9.17) is 4.74 Å². The number of hydrogen-bond acceptors (Lipinski definition) is 3. The van der Waals surface area contributed by atoms with Gasteiger partial charge in [0.2, 0.25) is 0 Å². The minimum atomic E-state index is -0.393. The lowest BCUT2D eigenvalue weighted by Gasteiger charge is -2.24. The molecular formula is C16H35NO2. The first kappa shape index (κ1) is 18.9. The van der Waals surface area contributed by atoms with Crippen LogP contribution in [-0.4, -0.2) is 37.0 Å². The molecule has 0 heterocycles. The molecule has 2 atom stereocenters. The smallest absolute Gasteiger partial charge is 0.0897 e. The van der Waals surface area contributed by atoms with E-state index in [1.165, 1.54) is 19.3 Å². The summed E-state index contributed by atoms with van der Waals surface area (Å²) in [5.74, 6) is 1.43. The quantitative estimate of drug-likeness (QED) is 0.537. The lowest BCUT2D eigenvalue weighted by Crippen LogP contribution is -2.39. The minimum Gasteiger partial charge on any atom is -0.389 e. The zero-order valence-corrected chi connectivity index (χ0v) is 13.6. The Hall–Kier alpha value is -0.120. The molecule has 0 saturated carbocycles. The van der Waals surface area contributed by atoms with Gasteiger partial charge in [-0.05, 0) is 31.6 Å². The molecule has 2 N–H and O–H groups in total. The predicted molar refractivity (Wildman–Crippen MR) is 82.4 cm³/mol. The molecule has 0 amide bonds. The van der Waals surface area contributed by atoms with Gasteiger partial charge in [0.15, 0.2) is 0 Å². The van der Waals surface area contributed by atoms with E-state index >= 15 is 0 Å². The van der Waals surface area contributed by atoms with Crippen LogP contribution < -0.4 is 5.32 Å². The normalized spacial score (nSPS) is 15.2. The van der Waals surface area contributed by atoms with E-state index in [1.807, 2.05) is 0 Å². The largest absolute Gasteiger partial charge is 0.389 e. The van der Waals surface area contributed by atoms with Crippen molar-refractivity contribution < 1.29 is 9.84 Å². The Morgan fingerprint density at radius 1 is 1.11 bits per heavy atom. The molecule has 0 bridgehead atoms. The Morgan fingerprint density at radius 2 is 1.74 bits per heavy atom. The maximum Gasteiger partial charge on any atom is 0.0897 e. The third-order valence-corrected chi connectivity index (χ3v) is 3.81. The molecule has 0 radical (unpaired) electrons. The van der Waals surface area contributed by atoms with Crippen molar-refractivity contribution in [2.24, 2.45) is 11.8 Å². The maximum atomic E-state index is 9.85. The highest BCUT2D eigenvalue weighted by molar-refractivity contribution is 4.71. The van der Waals surface area contributed by atoms with Gasteiger partial charge in [-0.3, -0.25) is 0 Å². The van der Waals surface area contributed by atoms with Crippen LogP contribution in [0.25, 0.3) is 0 Å². The number of aliphatic hydroxyl groups excluding tert-OH is 1. The Kier molecular flexibility index (Phi) is 11.6. The molecule has 0 aromatic rings. The van der Waals surface area contributed by atoms with Gasteiger partial charge in [0, 0.05) is 19.2 Å². The molecule has 2 unspecified atom stereocenters. The van der Waals surface area contributed by atoms with E-state index in [0.717, 1.165) is 18.9 Å². The monoisotopic (exact) mass is 273 g/mol. The first-order valence-electron chi connectivity index (χ1n) is 8.00. The van der Waals surface area contributed by atoms with Gasteiger partial charge in [0.25, 0.3) is 0 Å². The van der Waals surface area contributed by atoms with Crippen LogP contribution in [0.3, 0.4) is 0 Å². The van der Waals surface area contributed by atoms with E-state index in [1.54, 1.807) is 0 Å². The highest BCUT2D eigenvalue weighted by Gasteiger charge is 2.14. The Labute approximate surface area is 120 Å². The summed E-state index contributed by atoms with van der Waals surface area (Å²) in [7, 11) is 0. The number of rotatable bonds is 12. The Morgan fingerprint density at radius 3 is 2.26 bits per heavy atom. The number of hydrogen-bond donors (Lipinski definition) is 2. The first-order chi connectivity index (χ1) is 9.01. The lowest BCUT2D eigenvalue weighted by molar-refractivity contribution is 0.0327. The average molecular weight is 273 g/mol. The first-order valence-corrected chi connectivity index (χ1v) is 8.00. The summed E-state index contributed by atoms with van der Waals surface area (Å²) in [4.78, 5) is 0. The second-order valence-electron chi connectivity index (χ2n) is 6.04. The van der Waals surface area contributed by atoms with Crippen molar-refractivity contribution in [3.05, 3.63) is 0 Å². The molecule has 0 aliphatic rings. The highest BCUT2D eigenvalue weighted by atomic mass is 16.5. The molecule has 0 spiro atoms. The lowest BCUT2D eigenvalue weighted by atomic mass is 9.95. The van der Waals surface area contributed by atoms with Crippen molar-refractivity contribution in [2.45, 2.75) is 72.4 Å². The Bertz CT molecular complexity index is 193. The van der Waals surface area contributed by atoms with E-state index in [2.05, 4.69) is 39.9 Å². The summed E-state index contributed by atoms with van der Waals surface area (Å²) in [5, 5.41) is 13.3. The summed E-state index contributed by atoms with van der Waals surface area (Å²) in [6.45, 7) is 12.9. The highest BCUT2D eigenvalue weighted by Crippen LogP contribution is 2.12. The van der Waals surface area contributed by atoms with Crippen molar-refractivity contribution >= 4 is 0 Å². The van der Waals surface area contributed by atoms with Crippen molar-refractivity contribution in [3.63, 3.8) is 0 Å². The second-order valence-corrected chi connectivity index (χ2v) is 6.04. The topological polar surface area (TPSA) is 41.5 Å². The fourth-order valence-corrected chi connectivity index (χ4v) is 2.36. The van der Waals surface area contributed by atoms with Crippen LogP contribution >= 0.6 is 0 Å². The second kappa shape index (κ2) is 11.7. The third kappa shape index (κ3) is 10.3. The van der Waals surface area contributed by atoms with E-state index in [9.17, 15) is 5.11 Å². The fraction of sp³-hybridized carbons (Fsp3) is 1.00. The van der Waals surface area contributed by atoms with Gasteiger partial charge < -0.3 is 15.2 Å². The van der Waals surface area contributed by atoms with E-state index in [-0.39, 0.29) is 0 Å². The molecule has 0 saturated heterocycles. The third-order valence-electron chi connectivity index (χ3n) is 3.81. The fourth-order valence-electron chi connectivity index (χ4n) is 2.36. The standard InChI is InChI=1S/C16H35NO2/c1-6-15(7-2)14(5)17-11-16(18)12-19-10-8-9-13(3)4/h13-18H,6-12H2,1-5H3. The van der Waals surface area contributed by atoms with Crippen LogP contribution in [0, 0.1) is 11.8 Å². The molecule has 0 aliphatic carbocycles. The summed E-state index contributed by atoms with van der Waals surface area (Å²) in [5.41, 5.74) is 0. The Balaban J connectivity index is 3.55. The molecule has 0 aromatic carbocycles. The van der Waals surface area contributed by atoms with Gasteiger partial charge in [-0.2, -0.15) is 0 Å². The van der Waals surface area contributed by atoms with Crippen LogP contribution in [0.4, 0.5) is 0 Å². The molecular weight excluding hydrogens is 238 g/mol. The van der Waals surface area contributed by atoms with E-state index in [0.29, 0.717) is 25.1 Å². The predicted octanol–water partition coefficient (Wildman–Crippen LogP) is 3.21. The molecule has 0 aromatic heterocycles. The van der Waals surface area contributed by atoms with Crippen LogP contribution in [-0.2, 0) is 4.74 Å². The summed E-state index contributed by atoms with van der Waals surface area (Å²) >= 11 is 0. The van der Waals surface area contributed by atoms with Gasteiger partial charge in [-0.1, -0.05) is 40.5 Å². The van der Waals surface area contributed by atoms with Crippen LogP contribution in [0.15, 0.2) is 0 Å². The molecule has 116 valence electrons. The summed E-state index contributed by atoms with van der Waals surface area (Å²) < 4.78 is 5.50. The van der Waals surface area contributed by atoms with Gasteiger partial charge in [-0.25, -0.2) is 0 Å². The maximum absolute atomic E-state index is 9.85. The van der Waals surface area contributed by atoms with Crippen molar-refractivity contribution in [2.75, 3.05) is 19.8 Å². The van der Waals surface area contributed by atoms with Gasteiger partial charge in [0.1, 0.15) is 0 Å². The molecule has 0 aliphatic heterocycles. The molecule has 0 rings (SSSR count). The zero-order valence-electron chi connectivity index (χ0n) is 13.6.